The summed E-state index contributed by atoms with van der Waals surface area (Å²) in [6.07, 6.45) is 0.331. The fourth-order valence-electron chi connectivity index (χ4n) is 3.01. The Bertz CT molecular complexity index is 825. The number of nitrogens with one attached hydrogen (secondary N) is 2. The molecule has 0 spiro atoms. The minimum absolute atomic E-state index is 0.148. The number of rotatable bonds is 7. The van der Waals surface area contributed by atoms with Crippen molar-refractivity contribution in [2.75, 3.05) is 26.2 Å². The van der Waals surface area contributed by atoms with Crippen molar-refractivity contribution in [2.45, 2.75) is 57.1 Å². The van der Waals surface area contributed by atoms with Crippen LogP contribution >= 0.6 is 0 Å². The lowest BCUT2D eigenvalue weighted by Gasteiger charge is -2.31. The Morgan fingerprint density at radius 3 is 2.27 bits per heavy atom. The summed E-state index contributed by atoms with van der Waals surface area (Å²) in [7, 11) is -3.59. The van der Waals surface area contributed by atoms with E-state index in [1.54, 1.807) is 32.9 Å². The Hall–Kier alpha value is -2.33. The summed E-state index contributed by atoms with van der Waals surface area (Å²) in [4.78, 5) is 23.9. The molecule has 10 heteroatoms. The highest BCUT2D eigenvalue weighted by Crippen LogP contribution is 2.23. The molecule has 1 aromatic carbocycles. The Morgan fingerprint density at radius 1 is 1.13 bits per heavy atom. The molecular weight excluding hydrogens is 410 g/mol. The number of ether oxygens (including phenoxy) is 2. The van der Waals surface area contributed by atoms with E-state index in [-0.39, 0.29) is 23.4 Å². The lowest BCUT2D eigenvalue weighted by molar-refractivity contribution is -0.121. The zero-order valence-corrected chi connectivity index (χ0v) is 18.8. The van der Waals surface area contributed by atoms with Crippen LogP contribution in [0.1, 0.15) is 40.5 Å². The first-order chi connectivity index (χ1) is 14.0. The van der Waals surface area contributed by atoms with Crippen molar-refractivity contribution in [3.63, 3.8) is 0 Å². The van der Waals surface area contributed by atoms with E-state index in [1.165, 1.54) is 16.4 Å². The van der Waals surface area contributed by atoms with Crippen LogP contribution in [0.2, 0.25) is 0 Å². The van der Waals surface area contributed by atoms with Gasteiger partial charge in [-0.15, -0.1) is 0 Å². The number of sulfonamides is 1. The van der Waals surface area contributed by atoms with Gasteiger partial charge in [0.2, 0.25) is 15.9 Å². The molecule has 0 unspecified atom stereocenters. The molecule has 0 aromatic heterocycles. The standard InChI is InChI=1S/C20H31N3O6S/c1-5-28-16-6-8-17(9-7-16)30(26,27)23-12-10-15(11-13-23)22-18(24)14-21-19(25)29-20(2,3)4/h6-9,15H,5,10-14H2,1-4H3,(H,21,25)(H,22,24). The molecule has 1 aromatic rings. The molecule has 168 valence electrons. The average molecular weight is 442 g/mol. The highest BCUT2D eigenvalue weighted by Gasteiger charge is 2.30. The minimum Gasteiger partial charge on any atom is -0.494 e. The van der Waals surface area contributed by atoms with Crippen LogP contribution in [0.15, 0.2) is 29.2 Å². The fraction of sp³-hybridized carbons (Fsp3) is 0.600. The van der Waals surface area contributed by atoms with Crippen LogP contribution in [-0.2, 0) is 19.6 Å². The van der Waals surface area contributed by atoms with E-state index in [0.29, 0.717) is 38.3 Å². The summed E-state index contributed by atoms with van der Waals surface area (Å²) in [6, 6.07) is 6.21. The second-order valence-corrected chi connectivity index (χ2v) is 9.94. The molecule has 0 atom stereocenters. The van der Waals surface area contributed by atoms with Gasteiger partial charge in [-0.25, -0.2) is 13.2 Å². The smallest absolute Gasteiger partial charge is 0.408 e. The number of nitrogens with zero attached hydrogens (tertiary/aromatic N) is 1. The maximum Gasteiger partial charge on any atom is 0.408 e. The average Bonchev–Trinajstić information content (AvgIpc) is 2.66. The number of amides is 2. The first-order valence-corrected chi connectivity index (χ1v) is 11.4. The van der Waals surface area contributed by atoms with E-state index in [2.05, 4.69) is 10.6 Å². The van der Waals surface area contributed by atoms with Gasteiger partial charge in [0.05, 0.1) is 11.5 Å². The summed E-state index contributed by atoms with van der Waals surface area (Å²) in [6.45, 7) is 8.00. The molecule has 0 bridgehead atoms. The van der Waals surface area contributed by atoms with E-state index in [1.807, 2.05) is 6.92 Å². The fourth-order valence-corrected chi connectivity index (χ4v) is 4.48. The topological polar surface area (TPSA) is 114 Å². The summed E-state index contributed by atoms with van der Waals surface area (Å²) >= 11 is 0. The monoisotopic (exact) mass is 441 g/mol. The molecule has 0 saturated carbocycles. The van der Waals surface area contributed by atoms with Gasteiger partial charge in [-0.05, 0) is 64.8 Å². The van der Waals surface area contributed by atoms with Crippen molar-refractivity contribution in [2.24, 2.45) is 0 Å². The third kappa shape index (κ3) is 7.17. The molecule has 2 amide bonds. The van der Waals surface area contributed by atoms with Gasteiger partial charge in [-0.3, -0.25) is 4.79 Å². The van der Waals surface area contributed by atoms with Crippen molar-refractivity contribution in [1.82, 2.24) is 14.9 Å². The number of piperidine rings is 1. The van der Waals surface area contributed by atoms with Gasteiger partial charge < -0.3 is 20.1 Å². The number of hydrogen-bond acceptors (Lipinski definition) is 6. The normalized spacial score (nSPS) is 16.0. The first kappa shape index (κ1) is 23.9. The van der Waals surface area contributed by atoms with Crippen LogP contribution in [0.3, 0.4) is 0 Å². The van der Waals surface area contributed by atoms with Crippen LogP contribution in [0, 0.1) is 0 Å². The van der Waals surface area contributed by atoms with E-state index < -0.39 is 21.7 Å². The summed E-state index contributed by atoms with van der Waals surface area (Å²) in [5, 5.41) is 5.23. The largest absolute Gasteiger partial charge is 0.494 e. The van der Waals surface area contributed by atoms with Crippen molar-refractivity contribution >= 4 is 22.0 Å². The molecular formula is C20H31N3O6S. The van der Waals surface area contributed by atoms with Gasteiger partial charge in [0.15, 0.2) is 0 Å². The molecule has 1 aliphatic heterocycles. The lowest BCUT2D eigenvalue weighted by Crippen LogP contribution is -2.48. The van der Waals surface area contributed by atoms with Crippen molar-refractivity contribution in [3.8, 4) is 5.75 Å². The third-order valence-corrected chi connectivity index (χ3v) is 6.30. The molecule has 1 saturated heterocycles. The molecule has 2 N–H and O–H groups in total. The minimum atomic E-state index is -3.59. The summed E-state index contributed by atoms with van der Waals surface area (Å²) < 4.78 is 37.5. The molecule has 0 aliphatic carbocycles. The van der Waals surface area contributed by atoms with Crippen LogP contribution in [0.4, 0.5) is 4.79 Å². The van der Waals surface area contributed by atoms with E-state index in [4.69, 9.17) is 9.47 Å². The second kappa shape index (κ2) is 10.1. The van der Waals surface area contributed by atoms with Crippen molar-refractivity contribution in [1.29, 1.82) is 0 Å². The Kier molecular flexibility index (Phi) is 8.08. The summed E-state index contributed by atoms with van der Waals surface area (Å²) in [5.41, 5.74) is -0.637. The summed E-state index contributed by atoms with van der Waals surface area (Å²) in [5.74, 6) is 0.284. The number of carbonyl (C=O) groups excluding carboxylic acids is 2. The van der Waals surface area contributed by atoms with E-state index in [9.17, 15) is 18.0 Å². The van der Waals surface area contributed by atoms with Gasteiger partial charge in [0.1, 0.15) is 17.9 Å². The molecule has 1 heterocycles. The van der Waals surface area contributed by atoms with Gasteiger partial charge in [0.25, 0.3) is 0 Å². The Morgan fingerprint density at radius 2 is 1.73 bits per heavy atom. The molecule has 0 radical (unpaired) electrons. The highest BCUT2D eigenvalue weighted by atomic mass is 32.2. The molecule has 2 rings (SSSR count). The van der Waals surface area contributed by atoms with E-state index in [0.717, 1.165) is 0 Å². The maximum absolute atomic E-state index is 12.8. The molecule has 30 heavy (non-hydrogen) atoms. The van der Waals surface area contributed by atoms with Gasteiger partial charge in [-0.2, -0.15) is 4.31 Å². The van der Waals surface area contributed by atoms with Gasteiger partial charge in [0, 0.05) is 19.1 Å². The van der Waals surface area contributed by atoms with E-state index >= 15 is 0 Å². The predicted molar refractivity (Wildman–Crippen MR) is 112 cm³/mol. The quantitative estimate of drug-likeness (QED) is 0.668. The maximum atomic E-state index is 12.8. The number of hydrogen-bond donors (Lipinski definition) is 2. The highest BCUT2D eigenvalue weighted by molar-refractivity contribution is 7.89. The van der Waals surface area contributed by atoms with Crippen molar-refractivity contribution < 1.29 is 27.5 Å². The molecule has 1 aliphatic rings. The second-order valence-electron chi connectivity index (χ2n) is 8.01. The van der Waals surface area contributed by atoms with Crippen LogP contribution in [0.25, 0.3) is 0 Å². The first-order valence-electron chi connectivity index (χ1n) is 10.0. The van der Waals surface area contributed by atoms with Crippen LogP contribution < -0.4 is 15.4 Å². The Balaban J connectivity index is 1.81. The zero-order chi connectivity index (χ0) is 22.4. The third-order valence-electron chi connectivity index (χ3n) is 4.38. The number of carbonyl (C=O) groups is 2. The van der Waals surface area contributed by atoms with Crippen molar-refractivity contribution in [3.05, 3.63) is 24.3 Å². The molecule has 1 fully saturated rings. The number of benzene rings is 1. The van der Waals surface area contributed by atoms with Crippen LogP contribution in [-0.4, -0.2) is 62.6 Å². The SMILES string of the molecule is CCOc1ccc(S(=O)(=O)N2CCC(NC(=O)CNC(=O)OC(C)(C)C)CC2)cc1. The zero-order valence-electron chi connectivity index (χ0n) is 17.9. The lowest BCUT2D eigenvalue weighted by atomic mass is 10.1. The number of alkyl carbamates (subject to hydrolysis) is 1. The van der Waals surface area contributed by atoms with Gasteiger partial charge in [-0.1, -0.05) is 0 Å². The Labute approximate surface area is 178 Å². The van der Waals surface area contributed by atoms with Gasteiger partial charge >= 0.3 is 6.09 Å². The molecule has 9 nitrogen and oxygen atoms in total. The van der Waals surface area contributed by atoms with Crippen LogP contribution in [0.5, 0.6) is 5.75 Å². The predicted octanol–water partition coefficient (Wildman–Crippen LogP) is 1.88.